The molecule has 0 spiro atoms. The van der Waals surface area contributed by atoms with Crippen LogP contribution < -0.4 is 5.32 Å². The quantitative estimate of drug-likeness (QED) is 0.507. The van der Waals surface area contributed by atoms with E-state index >= 15 is 0 Å². The van der Waals surface area contributed by atoms with Gasteiger partial charge in [0.1, 0.15) is 0 Å². The number of hydrogen-bond acceptors (Lipinski definition) is 2. The Morgan fingerprint density at radius 2 is 1.72 bits per heavy atom. The molecule has 0 unspecified atom stereocenters. The average Bonchev–Trinajstić information content (AvgIpc) is 2.49. The second kappa shape index (κ2) is 6.93. The maximum atomic E-state index is 11.7. The summed E-state index contributed by atoms with van der Waals surface area (Å²) in [4.78, 5) is 14.3. The van der Waals surface area contributed by atoms with E-state index < -0.39 is 0 Å². The third-order valence-electron chi connectivity index (χ3n) is 6.66. The Kier molecular flexibility index (Phi) is 5.12. The van der Waals surface area contributed by atoms with Crippen LogP contribution in [0.3, 0.4) is 0 Å². The summed E-state index contributed by atoms with van der Waals surface area (Å²) in [5.74, 6) is 2.89. The summed E-state index contributed by atoms with van der Waals surface area (Å²) in [5, 5.41) is 3.07. The summed E-state index contributed by atoms with van der Waals surface area (Å²) in [5.41, 5.74) is 2.66. The topological polar surface area (TPSA) is 32.3 Å². The molecule has 4 aliphatic rings. The predicted octanol–water partition coefficient (Wildman–Crippen LogP) is 5.25. The Morgan fingerprint density at radius 3 is 2.24 bits per heavy atom. The van der Waals surface area contributed by atoms with Crippen LogP contribution in [-0.4, -0.2) is 23.4 Å². The molecule has 0 heterocycles. The number of rotatable bonds is 4. The minimum atomic E-state index is 0.0119. The summed E-state index contributed by atoms with van der Waals surface area (Å²) >= 11 is 4.73. The maximum Gasteiger partial charge on any atom is 0.221 e. The van der Waals surface area contributed by atoms with Gasteiger partial charge in [-0.3, -0.25) is 9.69 Å². The van der Waals surface area contributed by atoms with E-state index in [1.807, 2.05) is 0 Å². The molecule has 5 heteroatoms. The zero-order valence-corrected chi connectivity index (χ0v) is 19.3. The molecule has 0 radical (unpaired) electrons. The fourth-order valence-electron chi connectivity index (χ4n) is 6.02. The summed E-state index contributed by atoms with van der Waals surface area (Å²) in [7, 11) is 2.32. The average molecular weight is 564 g/mol. The molecule has 4 bridgehead atoms. The van der Waals surface area contributed by atoms with Crippen molar-refractivity contribution in [3.63, 3.8) is 0 Å². The molecule has 1 N–H and O–H groups in total. The monoisotopic (exact) mass is 564 g/mol. The lowest BCUT2D eigenvalue weighted by molar-refractivity contribution is -0.114. The SMILES string of the molecule is CC(=O)Nc1c(I)cc(I)cc1CN(C)C12CC3CC(CC(C3)C1)C2. The lowest BCUT2D eigenvalue weighted by atomic mass is 9.52. The number of nitrogens with zero attached hydrogens (tertiary/aromatic N) is 1. The van der Waals surface area contributed by atoms with Crippen LogP contribution in [0.4, 0.5) is 5.69 Å². The van der Waals surface area contributed by atoms with E-state index in [1.54, 1.807) is 6.92 Å². The molecule has 136 valence electrons. The van der Waals surface area contributed by atoms with Crippen LogP contribution in [0.5, 0.6) is 0 Å². The van der Waals surface area contributed by atoms with Crippen molar-refractivity contribution in [1.82, 2.24) is 4.90 Å². The van der Waals surface area contributed by atoms with Crippen molar-refractivity contribution in [1.29, 1.82) is 0 Å². The molecule has 4 fully saturated rings. The van der Waals surface area contributed by atoms with E-state index in [1.165, 1.54) is 47.7 Å². The lowest BCUT2D eigenvalue weighted by Crippen LogP contribution is -2.58. The molecule has 0 atom stereocenters. The van der Waals surface area contributed by atoms with Crippen molar-refractivity contribution < 1.29 is 4.79 Å². The standard InChI is InChI=1S/C20H26I2N2O/c1-12(25)23-19-16(6-17(21)7-18(19)22)11-24(2)20-8-13-3-14(9-20)5-15(4-13)10-20/h6-7,13-15H,3-5,8-11H2,1-2H3,(H,23,25). The molecular weight excluding hydrogens is 538 g/mol. The van der Waals surface area contributed by atoms with Crippen LogP contribution in [0.15, 0.2) is 12.1 Å². The highest BCUT2D eigenvalue weighted by Crippen LogP contribution is 2.57. The molecule has 0 saturated heterocycles. The second-order valence-electron chi connectivity index (χ2n) is 8.60. The number of hydrogen-bond donors (Lipinski definition) is 1. The van der Waals surface area contributed by atoms with Crippen molar-refractivity contribution in [2.75, 3.05) is 12.4 Å². The van der Waals surface area contributed by atoms with Crippen LogP contribution in [0.25, 0.3) is 0 Å². The second-order valence-corrected chi connectivity index (χ2v) is 11.0. The van der Waals surface area contributed by atoms with Crippen molar-refractivity contribution in [3.8, 4) is 0 Å². The first kappa shape index (κ1) is 18.5. The van der Waals surface area contributed by atoms with E-state index in [0.717, 1.165) is 33.6 Å². The minimum Gasteiger partial charge on any atom is -0.325 e. The molecule has 25 heavy (non-hydrogen) atoms. The van der Waals surface area contributed by atoms with Crippen molar-refractivity contribution >= 4 is 56.8 Å². The lowest BCUT2D eigenvalue weighted by Gasteiger charge is -2.60. The summed E-state index contributed by atoms with van der Waals surface area (Å²) in [6.07, 6.45) is 8.58. The predicted molar refractivity (Wildman–Crippen MR) is 119 cm³/mol. The molecule has 0 aromatic heterocycles. The highest BCUT2D eigenvalue weighted by molar-refractivity contribution is 14.1. The Bertz CT molecular complexity index is 668. The number of anilines is 1. The molecule has 1 aromatic rings. The highest BCUT2D eigenvalue weighted by Gasteiger charge is 2.52. The van der Waals surface area contributed by atoms with E-state index in [0.29, 0.717) is 5.54 Å². The highest BCUT2D eigenvalue weighted by atomic mass is 127. The number of carbonyl (C=O) groups excluding carboxylic acids is 1. The number of halogens is 2. The zero-order valence-electron chi connectivity index (χ0n) is 14.9. The van der Waals surface area contributed by atoms with Gasteiger partial charge < -0.3 is 5.32 Å². The normalized spacial score (nSPS) is 33.1. The van der Waals surface area contributed by atoms with E-state index in [-0.39, 0.29) is 5.91 Å². The van der Waals surface area contributed by atoms with Gasteiger partial charge >= 0.3 is 0 Å². The molecule has 4 aliphatic carbocycles. The van der Waals surface area contributed by atoms with Crippen LogP contribution in [-0.2, 0) is 11.3 Å². The van der Waals surface area contributed by atoms with Gasteiger partial charge in [0.15, 0.2) is 0 Å². The fraction of sp³-hybridized carbons (Fsp3) is 0.650. The van der Waals surface area contributed by atoms with Crippen LogP contribution in [0.1, 0.15) is 51.0 Å². The van der Waals surface area contributed by atoms with Crippen molar-refractivity contribution in [2.45, 2.75) is 57.5 Å². The number of amides is 1. The molecule has 0 aliphatic heterocycles. The molecule has 1 aromatic carbocycles. The van der Waals surface area contributed by atoms with E-state index in [9.17, 15) is 4.79 Å². The van der Waals surface area contributed by atoms with Gasteiger partial charge in [0.05, 0.1) is 5.69 Å². The van der Waals surface area contributed by atoms with Crippen LogP contribution >= 0.6 is 45.2 Å². The first-order chi connectivity index (χ1) is 11.8. The third-order valence-corrected chi connectivity index (χ3v) is 8.13. The first-order valence-electron chi connectivity index (χ1n) is 9.31. The van der Waals surface area contributed by atoms with Gasteiger partial charge in [-0.15, -0.1) is 0 Å². The maximum absolute atomic E-state index is 11.7. The van der Waals surface area contributed by atoms with Gasteiger partial charge in [-0.05, 0) is 126 Å². The van der Waals surface area contributed by atoms with Gasteiger partial charge in [0.25, 0.3) is 0 Å². The van der Waals surface area contributed by atoms with Gasteiger partial charge in [-0.25, -0.2) is 0 Å². The number of nitrogens with one attached hydrogen (secondary N) is 1. The van der Waals surface area contributed by atoms with Gasteiger partial charge in [-0.1, -0.05) is 0 Å². The van der Waals surface area contributed by atoms with Gasteiger partial charge in [0, 0.05) is 26.1 Å². The zero-order chi connectivity index (χ0) is 17.8. The Morgan fingerprint density at radius 1 is 1.16 bits per heavy atom. The molecule has 5 rings (SSSR count). The van der Waals surface area contributed by atoms with Gasteiger partial charge in [-0.2, -0.15) is 0 Å². The van der Waals surface area contributed by atoms with Crippen LogP contribution in [0, 0.1) is 24.9 Å². The summed E-state index contributed by atoms with van der Waals surface area (Å²) in [6, 6.07) is 4.38. The first-order valence-corrected chi connectivity index (χ1v) is 11.5. The Balaban J connectivity index is 1.61. The van der Waals surface area contributed by atoms with Crippen LogP contribution in [0.2, 0.25) is 0 Å². The molecule has 3 nitrogen and oxygen atoms in total. The largest absolute Gasteiger partial charge is 0.325 e. The van der Waals surface area contributed by atoms with E-state index in [4.69, 9.17) is 0 Å². The van der Waals surface area contributed by atoms with Crippen molar-refractivity contribution in [3.05, 3.63) is 24.8 Å². The minimum absolute atomic E-state index is 0.0119. The van der Waals surface area contributed by atoms with Gasteiger partial charge in [0.2, 0.25) is 5.91 Å². The molecule has 4 saturated carbocycles. The Labute approximate surface area is 178 Å². The fourth-order valence-corrected chi connectivity index (χ4v) is 8.12. The van der Waals surface area contributed by atoms with Crippen molar-refractivity contribution in [2.24, 2.45) is 17.8 Å². The summed E-state index contributed by atoms with van der Waals surface area (Å²) < 4.78 is 2.37. The number of carbonyl (C=O) groups is 1. The smallest absolute Gasteiger partial charge is 0.221 e. The molecule has 1 amide bonds. The number of benzene rings is 1. The molecular formula is C20H26I2N2O. The van der Waals surface area contributed by atoms with E-state index in [2.05, 4.69) is 74.6 Å². The third kappa shape index (κ3) is 3.61. The Hall–Kier alpha value is 0.110. The summed E-state index contributed by atoms with van der Waals surface area (Å²) in [6.45, 7) is 2.52.